The molecule has 2 atom stereocenters. The van der Waals surface area contributed by atoms with E-state index in [0.717, 1.165) is 6.42 Å². The summed E-state index contributed by atoms with van der Waals surface area (Å²) in [5.41, 5.74) is 6.20. The molecule has 1 aromatic rings. The van der Waals surface area contributed by atoms with E-state index in [2.05, 4.69) is 0 Å². The molecule has 2 rings (SSSR count). The molecule has 1 fully saturated rings. The van der Waals surface area contributed by atoms with E-state index in [1.165, 1.54) is 6.07 Å². The summed E-state index contributed by atoms with van der Waals surface area (Å²) in [5.74, 6) is -0.0980. The van der Waals surface area contributed by atoms with Gasteiger partial charge < -0.3 is 5.73 Å². The Kier molecular flexibility index (Phi) is 3.17. The van der Waals surface area contributed by atoms with E-state index in [1.807, 2.05) is 0 Å². The maximum atomic E-state index is 13.2. The molecule has 1 nitrogen and oxygen atoms in total. The molecule has 2 N–H and O–H groups in total. The van der Waals surface area contributed by atoms with Gasteiger partial charge in [0.2, 0.25) is 0 Å². The second kappa shape index (κ2) is 3.82. The molecule has 1 aliphatic carbocycles. The van der Waals surface area contributed by atoms with Crippen LogP contribution in [0.15, 0.2) is 18.2 Å². The van der Waals surface area contributed by atoms with E-state index in [0.29, 0.717) is 10.6 Å². The van der Waals surface area contributed by atoms with Crippen molar-refractivity contribution in [2.24, 2.45) is 5.73 Å². The Morgan fingerprint density at radius 2 is 2.08 bits per heavy atom. The molecular weight excluding hydrogens is 212 g/mol. The Bertz CT molecular complexity index is 296. The van der Waals surface area contributed by atoms with Gasteiger partial charge in [0.05, 0.1) is 0 Å². The van der Waals surface area contributed by atoms with Gasteiger partial charge in [-0.25, -0.2) is 4.39 Å². The minimum absolute atomic E-state index is 0. The second-order valence-corrected chi connectivity index (χ2v) is 3.55. The highest BCUT2D eigenvalue weighted by Gasteiger charge is 2.38. The molecule has 0 amide bonds. The fraction of sp³-hybridized carbons (Fsp3) is 0.333. The van der Waals surface area contributed by atoms with Crippen LogP contribution < -0.4 is 5.73 Å². The highest BCUT2D eigenvalue weighted by Crippen LogP contribution is 2.43. The van der Waals surface area contributed by atoms with Gasteiger partial charge in [-0.2, -0.15) is 0 Å². The molecule has 0 bridgehead atoms. The maximum absolute atomic E-state index is 13.2. The Hall–Kier alpha value is -0.310. The first-order chi connectivity index (χ1) is 5.70. The minimum atomic E-state index is -0.236. The number of nitrogens with two attached hydrogens (primary N) is 1. The summed E-state index contributed by atoms with van der Waals surface area (Å²) in [5, 5.41) is 0.493. The molecule has 1 aliphatic rings. The van der Waals surface area contributed by atoms with Crippen LogP contribution in [-0.4, -0.2) is 6.04 Å². The molecule has 0 aliphatic heterocycles. The molecule has 72 valence electrons. The maximum Gasteiger partial charge on any atom is 0.128 e. The molecule has 0 saturated heterocycles. The lowest BCUT2D eigenvalue weighted by Crippen LogP contribution is -2.02. The van der Waals surface area contributed by atoms with Gasteiger partial charge in [-0.3, -0.25) is 0 Å². The molecule has 0 spiro atoms. The third-order valence-electron chi connectivity index (χ3n) is 2.21. The lowest BCUT2D eigenvalue weighted by Gasteiger charge is -2.02. The highest BCUT2D eigenvalue weighted by atomic mass is 35.5. The second-order valence-electron chi connectivity index (χ2n) is 3.14. The van der Waals surface area contributed by atoms with Crippen LogP contribution >= 0.6 is 24.0 Å². The van der Waals surface area contributed by atoms with Crippen LogP contribution in [-0.2, 0) is 0 Å². The molecule has 0 aromatic heterocycles. The molecule has 0 radical (unpaired) electrons. The van der Waals surface area contributed by atoms with Crippen molar-refractivity contribution in [1.82, 2.24) is 0 Å². The van der Waals surface area contributed by atoms with E-state index >= 15 is 0 Å². The summed E-state index contributed by atoms with van der Waals surface area (Å²) in [6.07, 6.45) is 0.848. The van der Waals surface area contributed by atoms with Crippen LogP contribution in [0.2, 0.25) is 5.02 Å². The van der Waals surface area contributed by atoms with Crippen molar-refractivity contribution in [2.75, 3.05) is 0 Å². The van der Waals surface area contributed by atoms with Crippen molar-refractivity contribution in [3.05, 3.63) is 34.6 Å². The summed E-state index contributed by atoms with van der Waals surface area (Å²) in [6.45, 7) is 0. The fourth-order valence-electron chi connectivity index (χ4n) is 1.41. The Morgan fingerprint density at radius 3 is 2.54 bits per heavy atom. The average Bonchev–Trinajstić information content (AvgIpc) is 2.67. The van der Waals surface area contributed by atoms with Crippen LogP contribution in [0.3, 0.4) is 0 Å². The van der Waals surface area contributed by atoms with Gasteiger partial charge in [-0.15, -0.1) is 12.4 Å². The van der Waals surface area contributed by atoms with Gasteiger partial charge in [-0.1, -0.05) is 17.7 Å². The number of hydrogen-bond acceptors (Lipinski definition) is 1. The highest BCUT2D eigenvalue weighted by molar-refractivity contribution is 6.31. The van der Waals surface area contributed by atoms with Gasteiger partial charge >= 0.3 is 0 Å². The summed E-state index contributed by atoms with van der Waals surface area (Å²) in [7, 11) is 0. The smallest absolute Gasteiger partial charge is 0.128 e. The Morgan fingerprint density at radius 1 is 1.46 bits per heavy atom. The zero-order valence-electron chi connectivity index (χ0n) is 6.84. The molecule has 4 heteroatoms. The average molecular weight is 222 g/mol. The summed E-state index contributed by atoms with van der Waals surface area (Å²) in [4.78, 5) is 0. The van der Waals surface area contributed by atoms with Gasteiger partial charge in [0.15, 0.2) is 0 Å². The molecule has 0 unspecified atom stereocenters. The largest absolute Gasteiger partial charge is 0.327 e. The van der Waals surface area contributed by atoms with E-state index in [4.69, 9.17) is 17.3 Å². The first-order valence-corrected chi connectivity index (χ1v) is 4.27. The summed E-state index contributed by atoms with van der Waals surface area (Å²) >= 11 is 5.83. The van der Waals surface area contributed by atoms with Crippen molar-refractivity contribution >= 4 is 24.0 Å². The first-order valence-electron chi connectivity index (χ1n) is 3.89. The SMILES string of the molecule is Cl.N[C@@H]1C[C@@H]1c1c(F)cccc1Cl. The topological polar surface area (TPSA) is 26.0 Å². The third kappa shape index (κ3) is 1.96. The van der Waals surface area contributed by atoms with Crippen molar-refractivity contribution in [3.63, 3.8) is 0 Å². The first kappa shape index (κ1) is 10.8. The molecule has 0 heterocycles. The molecule has 1 saturated carbocycles. The molecule has 1 aromatic carbocycles. The predicted octanol–water partition coefficient (Wildman–Crippen LogP) is 2.72. The normalized spacial score (nSPS) is 25.2. The molecule has 13 heavy (non-hydrogen) atoms. The fourth-order valence-corrected chi connectivity index (χ4v) is 1.71. The van der Waals surface area contributed by atoms with Gasteiger partial charge in [0.25, 0.3) is 0 Å². The lowest BCUT2D eigenvalue weighted by molar-refractivity contribution is 0.609. The number of rotatable bonds is 1. The van der Waals surface area contributed by atoms with Crippen LogP contribution in [0.4, 0.5) is 4.39 Å². The third-order valence-corrected chi connectivity index (χ3v) is 2.54. The van der Waals surface area contributed by atoms with Crippen molar-refractivity contribution in [3.8, 4) is 0 Å². The number of hydrogen-bond donors (Lipinski definition) is 1. The van der Waals surface area contributed by atoms with E-state index in [9.17, 15) is 4.39 Å². The van der Waals surface area contributed by atoms with Crippen LogP contribution in [0, 0.1) is 5.82 Å². The monoisotopic (exact) mass is 221 g/mol. The minimum Gasteiger partial charge on any atom is -0.327 e. The van der Waals surface area contributed by atoms with Crippen molar-refractivity contribution in [1.29, 1.82) is 0 Å². The predicted molar refractivity (Wildman–Crippen MR) is 54.0 cm³/mol. The van der Waals surface area contributed by atoms with Gasteiger partial charge in [-0.05, 0) is 18.6 Å². The quantitative estimate of drug-likeness (QED) is 0.776. The van der Waals surface area contributed by atoms with Crippen molar-refractivity contribution < 1.29 is 4.39 Å². The molecular formula is C9H10Cl2FN. The van der Waals surface area contributed by atoms with Crippen LogP contribution in [0.5, 0.6) is 0 Å². The zero-order chi connectivity index (χ0) is 8.72. The van der Waals surface area contributed by atoms with E-state index < -0.39 is 0 Å². The van der Waals surface area contributed by atoms with Gasteiger partial charge in [0, 0.05) is 22.5 Å². The van der Waals surface area contributed by atoms with Crippen LogP contribution in [0.25, 0.3) is 0 Å². The zero-order valence-corrected chi connectivity index (χ0v) is 8.41. The van der Waals surface area contributed by atoms with Crippen LogP contribution in [0.1, 0.15) is 17.9 Å². The van der Waals surface area contributed by atoms with E-state index in [1.54, 1.807) is 12.1 Å². The van der Waals surface area contributed by atoms with Crippen molar-refractivity contribution in [2.45, 2.75) is 18.4 Å². The standard InChI is InChI=1S/C9H9ClFN.ClH/c10-6-2-1-3-7(11)9(6)5-4-8(5)12;/h1-3,5,8H,4,12H2;1H/t5-,8+;/m0./s1. The summed E-state index contributed by atoms with van der Waals surface area (Å²) < 4.78 is 13.2. The lowest BCUT2D eigenvalue weighted by atomic mass is 10.1. The van der Waals surface area contributed by atoms with Gasteiger partial charge in [0.1, 0.15) is 5.82 Å². The summed E-state index contributed by atoms with van der Waals surface area (Å²) in [6, 6.07) is 4.83. The van der Waals surface area contributed by atoms with E-state index in [-0.39, 0.29) is 30.2 Å². The Balaban J connectivity index is 0.000000845. The number of benzene rings is 1. The number of halogens is 3. The Labute approximate surface area is 87.5 Å².